The number of amides is 2. The number of hydrogen-bond donors (Lipinski definition) is 0. The van der Waals surface area contributed by atoms with Crippen molar-refractivity contribution in [1.29, 1.82) is 0 Å². The molecule has 0 atom stereocenters. The van der Waals surface area contributed by atoms with Gasteiger partial charge in [0, 0.05) is 44.5 Å². The zero-order valence-corrected chi connectivity index (χ0v) is 15.2. The van der Waals surface area contributed by atoms with Crippen molar-refractivity contribution in [3.63, 3.8) is 0 Å². The number of aromatic nitrogens is 1. The molecule has 0 unspecified atom stereocenters. The fraction of sp³-hybridized carbons (Fsp3) is 0.667. The van der Waals surface area contributed by atoms with Crippen LogP contribution in [0.4, 0.5) is 4.79 Å². The van der Waals surface area contributed by atoms with Crippen LogP contribution in [0.3, 0.4) is 0 Å². The molecule has 2 aliphatic heterocycles. The molecule has 4 rings (SSSR count). The van der Waals surface area contributed by atoms with E-state index in [0.717, 1.165) is 38.6 Å². The zero-order chi connectivity index (χ0) is 17.2. The molecular formula is C18H25ClN4O2. The first-order valence-corrected chi connectivity index (χ1v) is 9.63. The molecule has 3 fully saturated rings. The molecule has 0 bridgehead atoms. The molecule has 3 heterocycles. The third-order valence-corrected chi connectivity index (χ3v) is 5.72. The average molecular weight is 365 g/mol. The standard InChI is InChI=1S/C18H25ClN4O2/c19-14-5-6-17(20-11-14)25-16-12-23(13-16)18(24)22-8-2-7-21(9-10-22)15-3-1-4-15/h5-6,11,15-16H,1-4,7-10,12-13H2. The van der Waals surface area contributed by atoms with Gasteiger partial charge in [-0.15, -0.1) is 0 Å². The van der Waals surface area contributed by atoms with E-state index in [1.165, 1.54) is 19.3 Å². The van der Waals surface area contributed by atoms with Crippen molar-refractivity contribution in [2.45, 2.75) is 37.8 Å². The highest BCUT2D eigenvalue weighted by Gasteiger charge is 2.36. The maximum absolute atomic E-state index is 12.7. The van der Waals surface area contributed by atoms with Gasteiger partial charge in [-0.05, 0) is 25.3 Å². The molecule has 2 saturated heterocycles. The first kappa shape index (κ1) is 16.9. The number of pyridine rings is 1. The Morgan fingerprint density at radius 1 is 1.08 bits per heavy atom. The molecule has 1 aromatic heterocycles. The quantitative estimate of drug-likeness (QED) is 0.826. The minimum absolute atomic E-state index is 0.0241. The van der Waals surface area contributed by atoms with Gasteiger partial charge in [0.2, 0.25) is 5.88 Å². The summed E-state index contributed by atoms with van der Waals surface area (Å²) in [4.78, 5) is 23.3. The van der Waals surface area contributed by atoms with Crippen LogP contribution in [-0.4, -0.2) is 77.1 Å². The molecule has 1 saturated carbocycles. The van der Waals surface area contributed by atoms with Gasteiger partial charge >= 0.3 is 6.03 Å². The number of likely N-dealkylation sites (tertiary alicyclic amines) is 1. The maximum atomic E-state index is 12.7. The van der Waals surface area contributed by atoms with Gasteiger partial charge in [-0.1, -0.05) is 18.0 Å². The van der Waals surface area contributed by atoms with Gasteiger partial charge in [0.05, 0.1) is 18.1 Å². The van der Waals surface area contributed by atoms with Crippen molar-refractivity contribution in [3.05, 3.63) is 23.4 Å². The molecule has 1 aliphatic carbocycles. The van der Waals surface area contributed by atoms with E-state index in [0.29, 0.717) is 24.0 Å². The van der Waals surface area contributed by atoms with E-state index in [1.54, 1.807) is 18.3 Å². The molecule has 7 heteroatoms. The lowest BCUT2D eigenvalue weighted by atomic mass is 9.91. The molecule has 136 valence electrons. The van der Waals surface area contributed by atoms with E-state index in [9.17, 15) is 4.79 Å². The summed E-state index contributed by atoms with van der Waals surface area (Å²) in [6.07, 6.45) is 6.70. The van der Waals surface area contributed by atoms with Gasteiger partial charge in [0.25, 0.3) is 0 Å². The summed E-state index contributed by atoms with van der Waals surface area (Å²) in [6.45, 7) is 5.11. The lowest BCUT2D eigenvalue weighted by Gasteiger charge is -2.41. The number of ether oxygens (including phenoxy) is 1. The fourth-order valence-corrected chi connectivity index (χ4v) is 3.83. The van der Waals surface area contributed by atoms with E-state index >= 15 is 0 Å². The molecular weight excluding hydrogens is 340 g/mol. The third kappa shape index (κ3) is 3.85. The maximum Gasteiger partial charge on any atom is 0.320 e. The largest absolute Gasteiger partial charge is 0.471 e. The van der Waals surface area contributed by atoms with Crippen molar-refractivity contribution in [1.82, 2.24) is 19.7 Å². The molecule has 0 aromatic carbocycles. The van der Waals surface area contributed by atoms with E-state index in [4.69, 9.17) is 16.3 Å². The van der Waals surface area contributed by atoms with Crippen molar-refractivity contribution < 1.29 is 9.53 Å². The first-order chi connectivity index (χ1) is 12.2. The van der Waals surface area contributed by atoms with Crippen LogP contribution in [0.25, 0.3) is 0 Å². The van der Waals surface area contributed by atoms with Crippen LogP contribution in [0.5, 0.6) is 5.88 Å². The van der Waals surface area contributed by atoms with Crippen LogP contribution in [0.1, 0.15) is 25.7 Å². The Morgan fingerprint density at radius 2 is 1.92 bits per heavy atom. The normalized spacial score (nSPS) is 22.9. The molecule has 2 amide bonds. The number of hydrogen-bond acceptors (Lipinski definition) is 4. The number of carbonyl (C=O) groups excluding carboxylic acids is 1. The summed E-state index contributed by atoms with van der Waals surface area (Å²) < 4.78 is 5.78. The Labute approximate surface area is 153 Å². The third-order valence-electron chi connectivity index (χ3n) is 5.50. The predicted molar refractivity (Wildman–Crippen MR) is 96.0 cm³/mol. The molecule has 25 heavy (non-hydrogen) atoms. The summed E-state index contributed by atoms with van der Waals surface area (Å²) in [5.41, 5.74) is 0. The van der Waals surface area contributed by atoms with Crippen LogP contribution < -0.4 is 4.74 Å². The second kappa shape index (κ2) is 7.38. The molecule has 0 N–H and O–H groups in total. The molecule has 3 aliphatic rings. The van der Waals surface area contributed by atoms with Gasteiger partial charge in [-0.3, -0.25) is 4.90 Å². The Bertz CT molecular complexity index is 602. The SMILES string of the molecule is O=C(N1CCCN(C2CCC2)CC1)N1CC(Oc2ccc(Cl)cn2)C1. The van der Waals surface area contributed by atoms with Crippen LogP contribution in [0.2, 0.25) is 5.02 Å². The first-order valence-electron chi connectivity index (χ1n) is 9.25. The average Bonchev–Trinajstić information content (AvgIpc) is 2.76. The number of carbonyl (C=O) groups is 1. The van der Waals surface area contributed by atoms with Crippen LogP contribution in [0.15, 0.2) is 18.3 Å². The summed E-state index contributed by atoms with van der Waals surface area (Å²) in [6, 6.07) is 4.44. The second-order valence-corrected chi connectivity index (χ2v) is 7.64. The number of rotatable bonds is 3. The highest BCUT2D eigenvalue weighted by atomic mass is 35.5. The van der Waals surface area contributed by atoms with Crippen LogP contribution in [0, 0.1) is 0 Å². The lowest BCUT2D eigenvalue weighted by Crippen LogP contribution is -2.60. The topological polar surface area (TPSA) is 48.9 Å². The Kier molecular flexibility index (Phi) is 4.99. The minimum Gasteiger partial charge on any atom is -0.471 e. The monoisotopic (exact) mass is 364 g/mol. The van der Waals surface area contributed by atoms with Crippen molar-refractivity contribution in [2.24, 2.45) is 0 Å². The summed E-state index contributed by atoms with van der Waals surface area (Å²) >= 11 is 5.82. The summed E-state index contributed by atoms with van der Waals surface area (Å²) in [5.74, 6) is 0.562. The van der Waals surface area contributed by atoms with Crippen molar-refractivity contribution in [2.75, 3.05) is 39.3 Å². The van der Waals surface area contributed by atoms with Gasteiger partial charge in [0.15, 0.2) is 0 Å². The van der Waals surface area contributed by atoms with E-state index in [-0.39, 0.29) is 12.1 Å². The van der Waals surface area contributed by atoms with Gasteiger partial charge in [-0.25, -0.2) is 9.78 Å². The summed E-state index contributed by atoms with van der Waals surface area (Å²) in [7, 11) is 0. The van der Waals surface area contributed by atoms with Crippen LogP contribution >= 0.6 is 11.6 Å². The minimum atomic E-state index is 0.0241. The van der Waals surface area contributed by atoms with Gasteiger partial charge < -0.3 is 14.5 Å². The Hall–Kier alpha value is -1.53. The number of halogens is 1. The smallest absolute Gasteiger partial charge is 0.320 e. The fourth-order valence-electron chi connectivity index (χ4n) is 3.72. The highest BCUT2D eigenvalue weighted by molar-refractivity contribution is 6.30. The summed E-state index contributed by atoms with van der Waals surface area (Å²) in [5, 5.41) is 0.592. The molecule has 6 nitrogen and oxygen atoms in total. The molecule has 0 spiro atoms. The van der Waals surface area contributed by atoms with Crippen molar-refractivity contribution in [3.8, 4) is 5.88 Å². The molecule has 0 radical (unpaired) electrons. The zero-order valence-electron chi connectivity index (χ0n) is 14.4. The molecule has 1 aromatic rings. The van der Waals surface area contributed by atoms with Gasteiger partial charge in [-0.2, -0.15) is 0 Å². The lowest BCUT2D eigenvalue weighted by molar-refractivity contribution is 0.0283. The second-order valence-electron chi connectivity index (χ2n) is 7.20. The number of urea groups is 1. The van der Waals surface area contributed by atoms with E-state index < -0.39 is 0 Å². The highest BCUT2D eigenvalue weighted by Crippen LogP contribution is 2.26. The van der Waals surface area contributed by atoms with E-state index in [1.807, 2.05) is 9.80 Å². The van der Waals surface area contributed by atoms with Crippen molar-refractivity contribution >= 4 is 17.6 Å². The predicted octanol–water partition coefficient (Wildman–Crippen LogP) is 2.48. The van der Waals surface area contributed by atoms with Crippen LogP contribution in [-0.2, 0) is 0 Å². The number of nitrogens with zero attached hydrogens (tertiary/aromatic N) is 4. The van der Waals surface area contributed by atoms with E-state index in [2.05, 4.69) is 9.88 Å². The Balaban J connectivity index is 1.23. The van der Waals surface area contributed by atoms with Gasteiger partial charge in [0.1, 0.15) is 6.10 Å². The Morgan fingerprint density at radius 3 is 2.60 bits per heavy atom.